The summed E-state index contributed by atoms with van der Waals surface area (Å²) in [5, 5.41) is 7.34. The average molecular weight is 715 g/mol. The Morgan fingerprint density at radius 2 is 1.33 bits per heavy atom. The van der Waals surface area contributed by atoms with Crippen LogP contribution in [0, 0.1) is 0 Å². The quantitative estimate of drug-likeness (QED) is 0.216. The molecular weight excluding hydrogens is 686 g/mol. The summed E-state index contributed by atoms with van der Waals surface area (Å²) in [7, 11) is -7.39. The van der Waals surface area contributed by atoms with Crippen LogP contribution in [0.25, 0.3) is 0 Å². The molecule has 6 rings (SSSR count). The lowest BCUT2D eigenvalue weighted by Gasteiger charge is -2.26. The summed E-state index contributed by atoms with van der Waals surface area (Å²) in [6.45, 7) is 1.05. The fourth-order valence-corrected chi connectivity index (χ4v) is 8.71. The van der Waals surface area contributed by atoms with Crippen LogP contribution in [-0.4, -0.2) is 56.9 Å². The molecule has 2 saturated heterocycles. The number of nitrogens with one attached hydrogen (secondary N) is 3. The van der Waals surface area contributed by atoms with Crippen molar-refractivity contribution in [3.8, 4) is 0 Å². The van der Waals surface area contributed by atoms with Crippen molar-refractivity contribution in [3.63, 3.8) is 0 Å². The number of sulfonamides is 2. The van der Waals surface area contributed by atoms with E-state index < -0.39 is 38.2 Å². The number of carbonyl (C=O) groups is 1. The molecule has 4 aromatic rings. The summed E-state index contributed by atoms with van der Waals surface area (Å²) in [5.74, 6) is -1.87. The Balaban J connectivity index is 0.000000187. The maximum atomic E-state index is 12.7. The van der Waals surface area contributed by atoms with Crippen molar-refractivity contribution in [2.24, 2.45) is 0 Å². The molecule has 0 aliphatic carbocycles. The average Bonchev–Trinajstić information content (AvgIpc) is 3.85. The standard InChI is InChI=1S/C15H14F3N3O3S2.C13H15N3O2S2/c16-15(17,18)13(22)21-8-1-2-12(21)10-3-5-11(6-4-10)26(23,24)20-14-19-7-9-25-14;17-20(18,16-13-15-8-9-19-13)11-5-3-10(4-6-11)12-2-1-7-14-12/h3-7,9,12H,1-2,8H2,(H,19,20);3-6,8-9,12,14H,1-2,7H2,(H,15,16). The van der Waals surface area contributed by atoms with Crippen molar-refractivity contribution < 1.29 is 34.8 Å². The Kier molecular flexibility index (Phi) is 10.3. The van der Waals surface area contributed by atoms with Crippen LogP contribution in [0.15, 0.2) is 81.5 Å². The molecule has 3 N–H and O–H groups in total. The van der Waals surface area contributed by atoms with E-state index in [1.165, 1.54) is 41.8 Å². The summed E-state index contributed by atoms with van der Waals surface area (Å²) < 4.78 is 91.8. The number of anilines is 2. The van der Waals surface area contributed by atoms with Gasteiger partial charge in [0.2, 0.25) is 0 Å². The second kappa shape index (κ2) is 14.0. The number of aromatic nitrogens is 2. The second-order valence-electron chi connectivity index (χ2n) is 10.3. The van der Waals surface area contributed by atoms with Gasteiger partial charge >= 0.3 is 12.1 Å². The van der Waals surface area contributed by atoms with Gasteiger partial charge in [-0.3, -0.25) is 14.2 Å². The molecule has 0 radical (unpaired) electrons. The lowest BCUT2D eigenvalue weighted by atomic mass is 10.0. The number of benzene rings is 2. The number of hydrogen-bond acceptors (Lipinski definition) is 10. The lowest BCUT2D eigenvalue weighted by Crippen LogP contribution is -2.40. The first-order chi connectivity index (χ1) is 21.8. The summed E-state index contributed by atoms with van der Waals surface area (Å²) in [5.41, 5.74) is 1.60. The molecule has 2 unspecified atom stereocenters. The number of hydrogen-bond donors (Lipinski definition) is 3. The molecule has 0 saturated carbocycles. The van der Waals surface area contributed by atoms with E-state index in [1.807, 2.05) is 12.1 Å². The van der Waals surface area contributed by atoms with Gasteiger partial charge in [0.25, 0.3) is 20.0 Å². The molecule has 0 spiro atoms. The number of alkyl halides is 3. The molecule has 246 valence electrons. The minimum atomic E-state index is -4.93. The van der Waals surface area contributed by atoms with Crippen molar-refractivity contribution in [2.45, 2.75) is 53.7 Å². The molecule has 2 atom stereocenters. The Labute approximate surface area is 272 Å². The predicted molar refractivity (Wildman–Crippen MR) is 168 cm³/mol. The van der Waals surface area contributed by atoms with E-state index in [0.29, 0.717) is 29.6 Å². The third-order valence-corrected chi connectivity index (χ3v) is 11.6. The molecule has 46 heavy (non-hydrogen) atoms. The number of carbonyl (C=O) groups excluding carboxylic acids is 1. The molecule has 2 aromatic carbocycles. The van der Waals surface area contributed by atoms with Gasteiger partial charge in [0.05, 0.1) is 15.8 Å². The van der Waals surface area contributed by atoms with Crippen LogP contribution in [-0.2, 0) is 24.8 Å². The number of nitrogens with zero attached hydrogens (tertiary/aromatic N) is 3. The summed E-state index contributed by atoms with van der Waals surface area (Å²) in [6, 6.07) is 12.1. The molecular formula is C28H29F3N6O5S4. The number of thiazole rings is 2. The van der Waals surface area contributed by atoms with E-state index in [1.54, 1.807) is 29.1 Å². The van der Waals surface area contributed by atoms with Crippen LogP contribution in [0.3, 0.4) is 0 Å². The van der Waals surface area contributed by atoms with E-state index in [-0.39, 0.29) is 21.5 Å². The van der Waals surface area contributed by atoms with Gasteiger partial charge in [-0.2, -0.15) is 13.2 Å². The monoisotopic (exact) mass is 714 g/mol. The Morgan fingerprint density at radius 1 is 0.804 bits per heavy atom. The van der Waals surface area contributed by atoms with E-state index in [2.05, 4.69) is 24.7 Å². The number of amides is 1. The van der Waals surface area contributed by atoms with Crippen LogP contribution in [0.4, 0.5) is 23.4 Å². The molecule has 4 heterocycles. The van der Waals surface area contributed by atoms with Gasteiger partial charge in [-0.05, 0) is 67.6 Å². The number of rotatable bonds is 8. The highest BCUT2D eigenvalue weighted by Gasteiger charge is 2.46. The maximum absolute atomic E-state index is 12.7. The minimum absolute atomic E-state index is 0.0225. The van der Waals surface area contributed by atoms with Gasteiger partial charge in [0.15, 0.2) is 10.3 Å². The fourth-order valence-electron chi connectivity index (χ4n) is 5.13. The van der Waals surface area contributed by atoms with Crippen LogP contribution in [0.5, 0.6) is 0 Å². The van der Waals surface area contributed by atoms with E-state index in [0.717, 1.165) is 41.2 Å². The van der Waals surface area contributed by atoms with Crippen molar-refractivity contribution in [1.82, 2.24) is 20.2 Å². The van der Waals surface area contributed by atoms with E-state index in [4.69, 9.17) is 0 Å². The number of likely N-dealkylation sites (tertiary alicyclic amines) is 1. The first kappa shape index (κ1) is 33.8. The first-order valence-corrected chi connectivity index (χ1v) is 18.7. The second-order valence-corrected chi connectivity index (χ2v) is 15.5. The maximum Gasteiger partial charge on any atom is 0.471 e. The Morgan fingerprint density at radius 3 is 1.76 bits per heavy atom. The smallest absolute Gasteiger partial charge is 0.328 e. The molecule has 18 heteroatoms. The minimum Gasteiger partial charge on any atom is -0.328 e. The normalized spacial score (nSPS) is 18.5. The molecule has 2 aliphatic heterocycles. The third-order valence-electron chi connectivity index (χ3n) is 7.29. The van der Waals surface area contributed by atoms with Crippen LogP contribution >= 0.6 is 22.7 Å². The summed E-state index contributed by atoms with van der Waals surface area (Å²) >= 11 is 2.38. The van der Waals surface area contributed by atoms with Gasteiger partial charge in [-0.25, -0.2) is 26.8 Å². The largest absolute Gasteiger partial charge is 0.471 e. The lowest BCUT2D eigenvalue weighted by molar-refractivity contribution is -0.186. The predicted octanol–water partition coefficient (Wildman–Crippen LogP) is 5.54. The first-order valence-electron chi connectivity index (χ1n) is 14.0. The Hall–Kier alpha value is -3.58. The highest BCUT2D eigenvalue weighted by molar-refractivity contribution is 7.93. The zero-order valence-electron chi connectivity index (χ0n) is 24.0. The van der Waals surface area contributed by atoms with Gasteiger partial charge in [0, 0.05) is 35.7 Å². The highest BCUT2D eigenvalue weighted by Crippen LogP contribution is 2.35. The molecule has 2 aliphatic rings. The summed E-state index contributed by atoms with van der Waals surface area (Å²) in [4.78, 5) is 20.3. The van der Waals surface area contributed by atoms with Crippen molar-refractivity contribution in [1.29, 1.82) is 0 Å². The highest BCUT2D eigenvalue weighted by atomic mass is 32.2. The van der Waals surface area contributed by atoms with Crippen molar-refractivity contribution >= 4 is 58.9 Å². The molecule has 1 amide bonds. The molecule has 2 fully saturated rings. The van der Waals surface area contributed by atoms with Gasteiger partial charge in [-0.1, -0.05) is 24.3 Å². The molecule has 2 aromatic heterocycles. The molecule has 11 nitrogen and oxygen atoms in total. The third kappa shape index (κ3) is 8.22. The van der Waals surface area contributed by atoms with Gasteiger partial charge < -0.3 is 10.2 Å². The Bertz CT molecular complexity index is 1810. The van der Waals surface area contributed by atoms with Crippen LogP contribution in [0.1, 0.15) is 48.9 Å². The van der Waals surface area contributed by atoms with Crippen LogP contribution in [0.2, 0.25) is 0 Å². The zero-order chi connectivity index (χ0) is 33.0. The molecule has 0 bridgehead atoms. The number of halogens is 3. The van der Waals surface area contributed by atoms with E-state index in [9.17, 15) is 34.8 Å². The topological polar surface area (TPSA) is 150 Å². The zero-order valence-corrected chi connectivity index (χ0v) is 27.2. The van der Waals surface area contributed by atoms with Gasteiger partial charge in [0.1, 0.15) is 0 Å². The SMILES string of the molecule is O=C(N1CCCC1c1ccc(S(=O)(=O)Nc2nccs2)cc1)C(F)(F)F.O=S(=O)(Nc1nccs1)c1ccc(C2CCCN2)cc1. The summed E-state index contributed by atoms with van der Waals surface area (Å²) in [6.07, 6.45) is 1.21. The van der Waals surface area contributed by atoms with Crippen LogP contribution < -0.4 is 14.8 Å². The van der Waals surface area contributed by atoms with Crippen molar-refractivity contribution in [2.75, 3.05) is 22.5 Å². The van der Waals surface area contributed by atoms with E-state index >= 15 is 0 Å². The van der Waals surface area contributed by atoms with Gasteiger partial charge in [-0.15, -0.1) is 22.7 Å². The van der Waals surface area contributed by atoms with Crippen molar-refractivity contribution in [3.05, 3.63) is 82.8 Å². The fraction of sp³-hybridized carbons (Fsp3) is 0.321.